The lowest BCUT2D eigenvalue weighted by Crippen LogP contribution is -2.56. The van der Waals surface area contributed by atoms with E-state index in [0.29, 0.717) is 10.0 Å². The van der Waals surface area contributed by atoms with Gasteiger partial charge in [-0.25, -0.2) is 5.01 Å². The molecule has 0 unspecified atom stereocenters. The number of amides is 3. The summed E-state index contributed by atoms with van der Waals surface area (Å²) in [7, 11) is 0. The van der Waals surface area contributed by atoms with Gasteiger partial charge in [0.2, 0.25) is 0 Å². The molecule has 5 rings (SSSR count). The fraction of sp³-hybridized carbons (Fsp3) is 0.250. The van der Waals surface area contributed by atoms with Gasteiger partial charge in [-0.05, 0) is 24.3 Å². The minimum absolute atomic E-state index is 0.0605. The van der Waals surface area contributed by atoms with Crippen molar-refractivity contribution in [3.05, 3.63) is 80.8 Å². The van der Waals surface area contributed by atoms with Crippen LogP contribution < -0.4 is 0 Å². The van der Waals surface area contributed by atoms with E-state index >= 15 is 0 Å². The number of alkyl halides is 4. The van der Waals surface area contributed by atoms with E-state index in [4.69, 9.17) is 81.2 Å². The van der Waals surface area contributed by atoms with Crippen LogP contribution in [-0.2, 0) is 9.59 Å². The normalized spacial score (nSPS) is 29.6. The van der Waals surface area contributed by atoms with E-state index in [1.165, 1.54) is 36.4 Å². The Morgan fingerprint density at radius 1 is 0.757 bits per heavy atom. The summed E-state index contributed by atoms with van der Waals surface area (Å²) in [6.07, 6.45) is 0. The Bertz CT molecular complexity index is 1350. The van der Waals surface area contributed by atoms with E-state index in [1.807, 2.05) is 0 Å². The molecule has 0 spiro atoms. The molecule has 0 N–H and O–H groups in total. The molecule has 0 aromatic heterocycles. The maximum Gasteiger partial charge on any atom is 0.273 e. The fourth-order valence-corrected chi connectivity index (χ4v) is 8.10. The molecule has 3 amide bonds. The molecule has 2 aromatic carbocycles. The Kier molecular flexibility index (Phi) is 6.60. The zero-order chi connectivity index (χ0) is 27.1. The van der Waals surface area contributed by atoms with Crippen molar-refractivity contribution in [1.82, 2.24) is 10.0 Å². The molecule has 1 aliphatic heterocycles. The molecular formula is C24H13Cl7N2O4. The second kappa shape index (κ2) is 9.02. The van der Waals surface area contributed by atoms with Gasteiger partial charge in [0.05, 0.1) is 21.9 Å². The summed E-state index contributed by atoms with van der Waals surface area (Å²) in [6.45, 7) is -0.658. The number of hydrazine groups is 1. The second-order valence-electron chi connectivity index (χ2n) is 8.73. The first-order valence-corrected chi connectivity index (χ1v) is 13.3. The Hall–Kier alpha value is -1.51. The third-order valence-electron chi connectivity index (χ3n) is 6.84. The molecule has 6 nitrogen and oxygen atoms in total. The van der Waals surface area contributed by atoms with Crippen LogP contribution in [-0.4, -0.2) is 54.1 Å². The van der Waals surface area contributed by atoms with E-state index in [-0.39, 0.29) is 21.2 Å². The second-order valence-corrected chi connectivity index (χ2v) is 12.4. The van der Waals surface area contributed by atoms with Crippen LogP contribution in [0, 0.1) is 11.8 Å². The number of hydrogen-bond donors (Lipinski definition) is 0. The quantitative estimate of drug-likeness (QED) is 0.227. The highest BCUT2D eigenvalue weighted by atomic mass is 35.5. The monoisotopic (exact) mass is 638 g/mol. The predicted molar refractivity (Wildman–Crippen MR) is 142 cm³/mol. The highest BCUT2D eigenvalue weighted by Crippen LogP contribution is 2.77. The molecule has 0 radical (unpaired) electrons. The summed E-state index contributed by atoms with van der Waals surface area (Å²) in [5, 5.41) is 1.12. The fourth-order valence-electron chi connectivity index (χ4n) is 5.04. The molecular weight excluding hydrogens is 628 g/mol. The van der Waals surface area contributed by atoms with Crippen molar-refractivity contribution in [2.45, 2.75) is 14.1 Å². The van der Waals surface area contributed by atoms with Crippen LogP contribution >= 0.6 is 81.2 Å². The van der Waals surface area contributed by atoms with Gasteiger partial charge in [-0.1, -0.05) is 88.3 Å². The number of carbonyl (C=O) groups excluding carboxylic acids is 4. The molecule has 2 fully saturated rings. The molecule has 2 aromatic rings. The van der Waals surface area contributed by atoms with Gasteiger partial charge in [0.1, 0.15) is 16.3 Å². The smallest absolute Gasteiger partial charge is 0.273 e. The minimum Gasteiger partial charge on any atom is -0.292 e. The number of Topliss-reactive ketones (excluding diaryl/α,β-unsaturated/α-hetero) is 1. The number of carbonyl (C=O) groups is 4. The van der Waals surface area contributed by atoms with Gasteiger partial charge in [0.25, 0.3) is 17.7 Å². The van der Waals surface area contributed by atoms with Crippen molar-refractivity contribution in [3.8, 4) is 0 Å². The molecule has 1 saturated carbocycles. The summed E-state index contributed by atoms with van der Waals surface area (Å²) < 4.78 is -2.13. The molecule has 1 saturated heterocycles. The summed E-state index contributed by atoms with van der Waals surface area (Å²) in [6, 6.07) is 13.8. The predicted octanol–water partition coefficient (Wildman–Crippen LogP) is 6.03. The number of rotatable bonds is 5. The Morgan fingerprint density at radius 3 is 1.73 bits per heavy atom. The first-order chi connectivity index (χ1) is 17.3. The maximum atomic E-state index is 13.8. The van der Waals surface area contributed by atoms with Crippen LogP contribution in [0.2, 0.25) is 5.02 Å². The number of nitrogens with zero attached hydrogens (tertiary/aromatic N) is 2. The molecule has 37 heavy (non-hydrogen) atoms. The molecule has 2 aliphatic carbocycles. The number of halogens is 7. The van der Waals surface area contributed by atoms with Gasteiger partial charge >= 0.3 is 0 Å². The summed E-state index contributed by atoms with van der Waals surface area (Å²) in [4.78, 5) is 50.3. The van der Waals surface area contributed by atoms with E-state index < -0.39 is 56.0 Å². The lowest BCUT2D eigenvalue weighted by atomic mass is 9.84. The van der Waals surface area contributed by atoms with Gasteiger partial charge < -0.3 is 0 Å². The van der Waals surface area contributed by atoms with Crippen LogP contribution in [0.3, 0.4) is 0 Å². The first-order valence-electron chi connectivity index (χ1n) is 10.7. The van der Waals surface area contributed by atoms with Crippen molar-refractivity contribution in [3.63, 3.8) is 0 Å². The Morgan fingerprint density at radius 2 is 1.24 bits per heavy atom. The molecule has 13 heteroatoms. The average molecular weight is 642 g/mol. The molecule has 192 valence electrons. The van der Waals surface area contributed by atoms with Gasteiger partial charge in [0, 0.05) is 16.1 Å². The standard InChI is InChI=1S/C24H13Cl7N2O4/c25-13-8-6-12(7-9-13)19(35)32(10-14(34)11-4-2-1-3-5-11)33-20(36)15-16(21(33)37)23(29)18(27)17(26)22(15,28)24(23,30)31/h1-9,15-16H,10H2/t15-,16+,22-,23-/m1/s1. The minimum atomic E-state index is -2.13. The Balaban J connectivity index is 1.60. The highest BCUT2D eigenvalue weighted by molar-refractivity contribution is 6.66. The van der Waals surface area contributed by atoms with Crippen molar-refractivity contribution >= 4 is 105 Å². The molecule has 3 aliphatic rings. The number of imide groups is 1. The van der Waals surface area contributed by atoms with Crippen LogP contribution in [0.4, 0.5) is 0 Å². The van der Waals surface area contributed by atoms with Crippen molar-refractivity contribution in [2.75, 3.05) is 6.54 Å². The van der Waals surface area contributed by atoms with Gasteiger partial charge in [-0.15, -0.1) is 23.2 Å². The lowest BCUT2D eigenvalue weighted by Gasteiger charge is -2.36. The Labute approximate surface area is 245 Å². The first kappa shape index (κ1) is 27.1. The van der Waals surface area contributed by atoms with Crippen LogP contribution in [0.1, 0.15) is 20.7 Å². The molecule has 2 bridgehead atoms. The number of fused-ring (bicyclic) bond motifs is 5. The van der Waals surface area contributed by atoms with Crippen LogP contribution in [0.5, 0.6) is 0 Å². The summed E-state index contributed by atoms with van der Waals surface area (Å²) in [5.41, 5.74) is 0.317. The van der Waals surface area contributed by atoms with Crippen molar-refractivity contribution in [1.29, 1.82) is 0 Å². The third kappa shape index (κ3) is 3.47. The van der Waals surface area contributed by atoms with E-state index in [9.17, 15) is 19.2 Å². The van der Waals surface area contributed by atoms with E-state index in [0.717, 1.165) is 5.01 Å². The van der Waals surface area contributed by atoms with Crippen molar-refractivity contribution < 1.29 is 19.2 Å². The largest absolute Gasteiger partial charge is 0.292 e. The van der Waals surface area contributed by atoms with Gasteiger partial charge in [0.15, 0.2) is 10.1 Å². The lowest BCUT2D eigenvalue weighted by molar-refractivity contribution is -0.154. The zero-order valence-electron chi connectivity index (χ0n) is 18.2. The summed E-state index contributed by atoms with van der Waals surface area (Å²) in [5.74, 6) is -6.20. The maximum absolute atomic E-state index is 13.8. The highest BCUT2D eigenvalue weighted by Gasteiger charge is 2.88. The number of allylic oxidation sites excluding steroid dienone is 2. The number of benzene rings is 2. The SMILES string of the molecule is O=C(CN(C(=O)c1ccc(Cl)cc1)N1C(=O)[C@@H]2[C@H](C1=O)[C@@]1(Cl)C(Cl)=C(Cl)[C@@]2(Cl)C1(Cl)Cl)c1ccccc1. The molecule has 4 atom stereocenters. The average Bonchev–Trinajstić information content (AvgIpc) is 3.26. The van der Waals surface area contributed by atoms with Crippen LogP contribution in [0.15, 0.2) is 64.7 Å². The number of ketones is 1. The van der Waals surface area contributed by atoms with Gasteiger partial charge in [-0.3, -0.25) is 19.2 Å². The van der Waals surface area contributed by atoms with Gasteiger partial charge in [-0.2, -0.15) is 5.01 Å². The number of hydrogen-bond acceptors (Lipinski definition) is 4. The van der Waals surface area contributed by atoms with Crippen LogP contribution in [0.25, 0.3) is 0 Å². The zero-order valence-corrected chi connectivity index (χ0v) is 23.5. The van der Waals surface area contributed by atoms with E-state index in [2.05, 4.69) is 0 Å². The topological polar surface area (TPSA) is 74.8 Å². The van der Waals surface area contributed by atoms with E-state index in [1.54, 1.807) is 18.2 Å². The third-order valence-corrected chi connectivity index (χ3v) is 11.4. The van der Waals surface area contributed by atoms with Crippen molar-refractivity contribution in [2.24, 2.45) is 11.8 Å². The molecule has 1 heterocycles. The summed E-state index contributed by atoms with van der Waals surface area (Å²) >= 11 is 45.2.